The minimum absolute atomic E-state index is 0.217. The monoisotopic (exact) mass is 312 g/mol. The molecule has 2 unspecified atom stereocenters. The number of carboxylic acids is 1. The number of rotatable bonds is 5. The van der Waals surface area contributed by atoms with Crippen LogP contribution in [0.2, 0.25) is 0 Å². The molecule has 1 fully saturated rings. The standard InChI is InChI=1S/C14H20N2O4S/c1-9-3-2-4-10(9)8-16-21(19,20)13-7-11(15)5-6-12(13)14(17)18/h5-7,9-10,16H,2-4,8,15H2,1H3,(H,17,18). The van der Waals surface area contributed by atoms with Gasteiger partial charge in [-0.25, -0.2) is 17.9 Å². The van der Waals surface area contributed by atoms with E-state index in [2.05, 4.69) is 11.6 Å². The molecule has 1 aliphatic rings. The van der Waals surface area contributed by atoms with E-state index in [4.69, 9.17) is 10.8 Å². The van der Waals surface area contributed by atoms with Crippen molar-refractivity contribution in [1.29, 1.82) is 0 Å². The Morgan fingerprint density at radius 2 is 2.14 bits per heavy atom. The number of carbonyl (C=O) groups is 1. The van der Waals surface area contributed by atoms with Crippen LogP contribution in [-0.4, -0.2) is 26.0 Å². The molecule has 0 radical (unpaired) electrons. The van der Waals surface area contributed by atoms with Gasteiger partial charge in [0.25, 0.3) is 0 Å². The number of hydrogen-bond donors (Lipinski definition) is 3. The Kier molecular flexibility index (Phi) is 4.53. The Balaban J connectivity index is 2.23. The van der Waals surface area contributed by atoms with Crippen LogP contribution in [-0.2, 0) is 10.0 Å². The van der Waals surface area contributed by atoms with Crippen LogP contribution < -0.4 is 10.5 Å². The second kappa shape index (κ2) is 6.03. The van der Waals surface area contributed by atoms with Crippen LogP contribution in [0.3, 0.4) is 0 Å². The highest BCUT2D eigenvalue weighted by molar-refractivity contribution is 7.89. The third-order valence-corrected chi connectivity index (χ3v) is 5.56. The second-order valence-corrected chi connectivity index (χ2v) is 7.32. The fourth-order valence-electron chi connectivity index (χ4n) is 2.76. The zero-order valence-electron chi connectivity index (χ0n) is 11.9. The van der Waals surface area contributed by atoms with Gasteiger partial charge in [0.2, 0.25) is 10.0 Å². The molecule has 0 aliphatic heterocycles. The molecule has 2 atom stereocenters. The summed E-state index contributed by atoms with van der Waals surface area (Å²) in [5.74, 6) is -0.508. The van der Waals surface area contributed by atoms with E-state index >= 15 is 0 Å². The number of carboxylic acid groups (broad SMARTS) is 1. The fraction of sp³-hybridized carbons (Fsp3) is 0.500. The lowest BCUT2D eigenvalue weighted by Gasteiger charge is -2.17. The number of nitrogens with two attached hydrogens (primary N) is 1. The number of anilines is 1. The summed E-state index contributed by atoms with van der Waals surface area (Å²) < 4.78 is 27.2. The van der Waals surface area contributed by atoms with Gasteiger partial charge in [0.1, 0.15) is 0 Å². The average molecular weight is 312 g/mol. The summed E-state index contributed by atoms with van der Waals surface area (Å²) in [5.41, 5.74) is 5.53. The Bertz CT molecular complexity index is 642. The SMILES string of the molecule is CC1CCCC1CNS(=O)(=O)c1cc(N)ccc1C(=O)O. The van der Waals surface area contributed by atoms with Gasteiger partial charge >= 0.3 is 5.97 Å². The van der Waals surface area contributed by atoms with Crippen molar-refractivity contribution in [1.82, 2.24) is 4.72 Å². The predicted octanol–water partition coefficient (Wildman–Crippen LogP) is 1.68. The predicted molar refractivity (Wildman–Crippen MR) is 79.5 cm³/mol. The van der Waals surface area contributed by atoms with E-state index < -0.39 is 16.0 Å². The maximum Gasteiger partial charge on any atom is 0.337 e. The first-order valence-electron chi connectivity index (χ1n) is 6.94. The van der Waals surface area contributed by atoms with Crippen molar-refractivity contribution in [3.05, 3.63) is 23.8 Å². The molecule has 0 amide bonds. The smallest absolute Gasteiger partial charge is 0.337 e. The lowest BCUT2D eigenvalue weighted by molar-refractivity contribution is 0.0692. The van der Waals surface area contributed by atoms with Gasteiger partial charge < -0.3 is 10.8 Å². The number of sulfonamides is 1. The van der Waals surface area contributed by atoms with Crippen molar-refractivity contribution in [2.45, 2.75) is 31.1 Å². The summed E-state index contributed by atoms with van der Waals surface area (Å²) in [6.45, 7) is 2.44. The summed E-state index contributed by atoms with van der Waals surface area (Å²) >= 11 is 0. The van der Waals surface area contributed by atoms with E-state index in [1.807, 2.05) is 0 Å². The Morgan fingerprint density at radius 1 is 1.43 bits per heavy atom. The molecule has 1 aromatic carbocycles. The molecule has 0 saturated heterocycles. The zero-order valence-corrected chi connectivity index (χ0v) is 12.7. The summed E-state index contributed by atoms with van der Waals surface area (Å²) in [5, 5.41) is 9.11. The fourth-order valence-corrected chi connectivity index (χ4v) is 4.08. The van der Waals surface area contributed by atoms with Crippen LogP contribution in [0, 0.1) is 11.8 Å². The van der Waals surface area contributed by atoms with Gasteiger partial charge in [0.05, 0.1) is 10.5 Å². The zero-order chi connectivity index (χ0) is 15.6. The van der Waals surface area contributed by atoms with Crippen molar-refractivity contribution in [2.24, 2.45) is 11.8 Å². The van der Waals surface area contributed by atoms with Crippen LogP contribution in [0.1, 0.15) is 36.5 Å². The molecule has 0 spiro atoms. The average Bonchev–Trinajstić information content (AvgIpc) is 2.81. The molecule has 21 heavy (non-hydrogen) atoms. The van der Waals surface area contributed by atoms with E-state index in [0.29, 0.717) is 18.4 Å². The number of aromatic carboxylic acids is 1. The quantitative estimate of drug-likeness (QED) is 0.717. The molecule has 0 aromatic heterocycles. The van der Waals surface area contributed by atoms with Gasteiger partial charge in [-0.15, -0.1) is 0 Å². The van der Waals surface area contributed by atoms with Crippen LogP contribution in [0.25, 0.3) is 0 Å². The van der Waals surface area contributed by atoms with E-state index in [-0.39, 0.29) is 16.1 Å². The van der Waals surface area contributed by atoms with E-state index in [0.717, 1.165) is 19.3 Å². The first kappa shape index (κ1) is 15.8. The molecule has 1 saturated carbocycles. The molecule has 1 aromatic rings. The molecular formula is C14H20N2O4S. The second-order valence-electron chi connectivity index (χ2n) is 5.58. The third-order valence-electron chi connectivity index (χ3n) is 4.10. The Morgan fingerprint density at radius 3 is 2.71 bits per heavy atom. The molecule has 6 nitrogen and oxygen atoms in total. The van der Waals surface area contributed by atoms with Crippen LogP contribution >= 0.6 is 0 Å². The maximum atomic E-state index is 12.3. The van der Waals surface area contributed by atoms with Crippen molar-refractivity contribution >= 4 is 21.7 Å². The van der Waals surface area contributed by atoms with Gasteiger partial charge in [0.15, 0.2) is 0 Å². The van der Waals surface area contributed by atoms with Crippen LogP contribution in [0.15, 0.2) is 23.1 Å². The highest BCUT2D eigenvalue weighted by Gasteiger charge is 2.27. The maximum absolute atomic E-state index is 12.3. The van der Waals surface area contributed by atoms with Crippen molar-refractivity contribution in [3.63, 3.8) is 0 Å². The van der Waals surface area contributed by atoms with Crippen molar-refractivity contribution < 1.29 is 18.3 Å². The molecule has 4 N–H and O–H groups in total. The lowest BCUT2D eigenvalue weighted by Crippen LogP contribution is -2.31. The number of benzene rings is 1. The third kappa shape index (κ3) is 3.54. The number of nitrogen functional groups attached to an aromatic ring is 1. The lowest BCUT2D eigenvalue weighted by atomic mass is 9.99. The summed E-state index contributed by atoms with van der Waals surface area (Å²) in [6, 6.07) is 3.77. The highest BCUT2D eigenvalue weighted by Crippen LogP contribution is 2.31. The molecule has 0 heterocycles. The van der Waals surface area contributed by atoms with Crippen LogP contribution in [0.4, 0.5) is 5.69 Å². The normalized spacial score (nSPS) is 22.3. The Hall–Kier alpha value is -1.60. The summed E-state index contributed by atoms with van der Waals surface area (Å²) in [4.78, 5) is 10.9. The van der Waals surface area contributed by atoms with E-state index in [1.54, 1.807) is 0 Å². The van der Waals surface area contributed by atoms with Gasteiger partial charge in [-0.05, 0) is 36.5 Å². The molecular weight excluding hydrogens is 292 g/mol. The van der Waals surface area contributed by atoms with Gasteiger partial charge in [-0.3, -0.25) is 0 Å². The molecule has 2 rings (SSSR count). The number of hydrogen-bond acceptors (Lipinski definition) is 4. The first-order chi connectivity index (χ1) is 9.81. The van der Waals surface area contributed by atoms with E-state index in [1.165, 1.54) is 18.2 Å². The van der Waals surface area contributed by atoms with Gasteiger partial charge in [0, 0.05) is 12.2 Å². The van der Waals surface area contributed by atoms with Crippen molar-refractivity contribution in [3.8, 4) is 0 Å². The van der Waals surface area contributed by atoms with Gasteiger partial charge in [-0.1, -0.05) is 19.8 Å². The molecule has 116 valence electrons. The molecule has 1 aliphatic carbocycles. The topological polar surface area (TPSA) is 109 Å². The van der Waals surface area contributed by atoms with Crippen molar-refractivity contribution in [2.75, 3.05) is 12.3 Å². The highest BCUT2D eigenvalue weighted by atomic mass is 32.2. The van der Waals surface area contributed by atoms with Crippen LogP contribution in [0.5, 0.6) is 0 Å². The first-order valence-corrected chi connectivity index (χ1v) is 8.42. The largest absolute Gasteiger partial charge is 0.478 e. The minimum Gasteiger partial charge on any atom is -0.478 e. The summed E-state index contributed by atoms with van der Waals surface area (Å²) in [6.07, 6.45) is 3.20. The Labute approximate surface area is 124 Å². The van der Waals surface area contributed by atoms with E-state index in [9.17, 15) is 13.2 Å². The molecule has 0 bridgehead atoms. The molecule has 7 heteroatoms. The summed E-state index contributed by atoms with van der Waals surface area (Å²) in [7, 11) is -3.88. The van der Waals surface area contributed by atoms with Gasteiger partial charge in [-0.2, -0.15) is 0 Å². The number of nitrogens with one attached hydrogen (secondary N) is 1. The minimum atomic E-state index is -3.88.